The normalized spacial score (nSPS) is 10.6. The molecule has 2 aromatic carbocycles. The molecule has 0 aliphatic rings. The van der Waals surface area contributed by atoms with E-state index in [1.165, 1.54) is 4.90 Å². The predicted octanol–water partition coefficient (Wildman–Crippen LogP) is 4.52. The Kier molecular flexibility index (Phi) is 7.19. The van der Waals surface area contributed by atoms with Crippen LogP contribution in [0.3, 0.4) is 0 Å². The van der Waals surface area contributed by atoms with Crippen molar-refractivity contribution in [3.8, 4) is 11.5 Å². The smallest absolute Gasteiger partial charge is 0.251 e. The highest BCUT2D eigenvalue weighted by Gasteiger charge is 2.09. The number of hydrogen-bond acceptors (Lipinski definition) is 4. The molecule has 0 saturated carbocycles. The van der Waals surface area contributed by atoms with Crippen LogP contribution in [0, 0.1) is 0 Å². The van der Waals surface area contributed by atoms with Crippen molar-refractivity contribution in [3.05, 3.63) is 53.6 Å². The lowest BCUT2D eigenvalue weighted by atomic mass is 10.1. The van der Waals surface area contributed by atoms with Crippen molar-refractivity contribution in [1.82, 2.24) is 5.32 Å². The van der Waals surface area contributed by atoms with Gasteiger partial charge < -0.3 is 14.8 Å². The molecule has 0 aliphatic carbocycles. The highest BCUT2D eigenvalue weighted by atomic mass is 32.2. The molecule has 0 bridgehead atoms. The zero-order valence-corrected chi connectivity index (χ0v) is 16.0. The highest BCUT2D eigenvalue weighted by molar-refractivity contribution is 7.99. The van der Waals surface area contributed by atoms with Crippen LogP contribution in [0.2, 0.25) is 0 Å². The summed E-state index contributed by atoms with van der Waals surface area (Å²) < 4.78 is 10.8. The summed E-state index contributed by atoms with van der Waals surface area (Å²) >= 11 is 1.78. The van der Waals surface area contributed by atoms with E-state index in [2.05, 4.69) is 19.2 Å². The van der Waals surface area contributed by atoms with Gasteiger partial charge in [-0.2, -0.15) is 0 Å². The first kappa shape index (κ1) is 19.2. The maximum absolute atomic E-state index is 12.3. The first-order valence-electron chi connectivity index (χ1n) is 8.38. The van der Waals surface area contributed by atoms with Gasteiger partial charge in [-0.3, -0.25) is 4.79 Å². The summed E-state index contributed by atoms with van der Waals surface area (Å²) in [5.41, 5.74) is 1.62. The number of amides is 1. The van der Waals surface area contributed by atoms with E-state index in [-0.39, 0.29) is 5.91 Å². The molecule has 0 saturated heterocycles. The SMILES string of the molecule is CCOc1ccc(CNC(=O)c2ccc(SC(C)C)cc2)cc1OC. The third kappa shape index (κ3) is 5.71. The van der Waals surface area contributed by atoms with Crippen molar-refractivity contribution in [1.29, 1.82) is 0 Å². The van der Waals surface area contributed by atoms with Gasteiger partial charge in [-0.15, -0.1) is 11.8 Å². The van der Waals surface area contributed by atoms with Crippen LogP contribution in [0.15, 0.2) is 47.4 Å². The Bertz CT molecular complexity index is 699. The summed E-state index contributed by atoms with van der Waals surface area (Å²) in [6, 6.07) is 13.4. The van der Waals surface area contributed by atoms with Gasteiger partial charge in [0.25, 0.3) is 5.91 Å². The number of carbonyl (C=O) groups excluding carboxylic acids is 1. The summed E-state index contributed by atoms with van der Waals surface area (Å²) in [4.78, 5) is 13.5. The average molecular weight is 359 g/mol. The van der Waals surface area contributed by atoms with Gasteiger partial charge in [0.05, 0.1) is 13.7 Å². The summed E-state index contributed by atoms with van der Waals surface area (Å²) in [6.45, 7) is 7.24. The number of benzene rings is 2. The van der Waals surface area contributed by atoms with Crippen LogP contribution in [0.5, 0.6) is 11.5 Å². The van der Waals surface area contributed by atoms with Gasteiger partial charge >= 0.3 is 0 Å². The second-order valence-electron chi connectivity index (χ2n) is 5.79. The molecule has 134 valence electrons. The molecule has 1 amide bonds. The molecule has 4 nitrogen and oxygen atoms in total. The van der Waals surface area contributed by atoms with E-state index in [1.54, 1.807) is 18.9 Å². The monoisotopic (exact) mass is 359 g/mol. The fourth-order valence-electron chi connectivity index (χ4n) is 2.34. The van der Waals surface area contributed by atoms with Crippen molar-refractivity contribution in [3.63, 3.8) is 0 Å². The zero-order chi connectivity index (χ0) is 18.2. The molecule has 2 aromatic rings. The van der Waals surface area contributed by atoms with Crippen molar-refractivity contribution in [2.45, 2.75) is 37.5 Å². The van der Waals surface area contributed by atoms with Gasteiger partial charge in [0.2, 0.25) is 0 Å². The number of hydrogen-bond donors (Lipinski definition) is 1. The first-order valence-corrected chi connectivity index (χ1v) is 9.26. The topological polar surface area (TPSA) is 47.6 Å². The van der Waals surface area contributed by atoms with Crippen molar-refractivity contribution >= 4 is 17.7 Å². The predicted molar refractivity (Wildman–Crippen MR) is 103 cm³/mol. The fourth-order valence-corrected chi connectivity index (χ4v) is 3.18. The molecule has 2 rings (SSSR count). The number of methoxy groups -OCH3 is 1. The van der Waals surface area contributed by atoms with Crippen LogP contribution >= 0.6 is 11.8 Å². The van der Waals surface area contributed by atoms with Crippen LogP contribution in [0.1, 0.15) is 36.7 Å². The summed E-state index contributed by atoms with van der Waals surface area (Å²) in [7, 11) is 1.61. The molecule has 0 radical (unpaired) electrons. The Morgan fingerprint density at radius 2 is 1.84 bits per heavy atom. The van der Waals surface area contributed by atoms with Crippen molar-refractivity contribution in [2.24, 2.45) is 0 Å². The number of nitrogens with one attached hydrogen (secondary N) is 1. The van der Waals surface area contributed by atoms with Gasteiger partial charge in [0.1, 0.15) is 0 Å². The number of thioether (sulfide) groups is 1. The Morgan fingerprint density at radius 3 is 2.44 bits per heavy atom. The Morgan fingerprint density at radius 1 is 1.12 bits per heavy atom. The molecule has 5 heteroatoms. The quantitative estimate of drug-likeness (QED) is 0.704. The van der Waals surface area contributed by atoms with E-state index in [1.807, 2.05) is 49.4 Å². The number of carbonyl (C=O) groups is 1. The molecule has 0 unspecified atom stereocenters. The Hall–Kier alpha value is -2.14. The zero-order valence-electron chi connectivity index (χ0n) is 15.2. The maximum Gasteiger partial charge on any atom is 0.251 e. The van der Waals surface area contributed by atoms with Crippen LogP contribution in [-0.2, 0) is 6.54 Å². The summed E-state index contributed by atoms with van der Waals surface area (Å²) in [5.74, 6) is 1.29. The van der Waals surface area contributed by atoms with E-state index < -0.39 is 0 Å². The molecule has 25 heavy (non-hydrogen) atoms. The van der Waals surface area contributed by atoms with Crippen molar-refractivity contribution in [2.75, 3.05) is 13.7 Å². The van der Waals surface area contributed by atoms with E-state index in [0.717, 1.165) is 5.56 Å². The minimum Gasteiger partial charge on any atom is -0.493 e. The van der Waals surface area contributed by atoms with Crippen molar-refractivity contribution < 1.29 is 14.3 Å². The minimum atomic E-state index is -0.0889. The second kappa shape index (κ2) is 9.37. The number of rotatable bonds is 8. The van der Waals surface area contributed by atoms with Crippen LogP contribution in [-0.4, -0.2) is 24.9 Å². The molecular weight excluding hydrogens is 334 g/mol. The molecule has 0 atom stereocenters. The van der Waals surface area contributed by atoms with E-state index in [0.29, 0.717) is 35.5 Å². The number of ether oxygens (including phenoxy) is 2. The molecule has 0 fully saturated rings. The van der Waals surface area contributed by atoms with Gasteiger partial charge in [0, 0.05) is 22.3 Å². The lowest BCUT2D eigenvalue weighted by molar-refractivity contribution is 0.0951. The molecule has 0 aromatic heterocycles. The second-order valence-corrected chi connectivity index (χ2v) is 7.44. The van der Waals surface area contributed by atoms with E-state index >= 15 is 0 Å². The average Bonchev–Trinajstić information content (AvgIpc) is 2.61. The third-order valence-corrected chi connectivity index (χ3v) is 4.48. The van der Waals surface area contributed by atoms with Gasteiger partial charge in [-0.05, 0) is 48.9 Å². The van der Waals surface area contributed by atoms with E-state index in [9.17, 15) is 4.79 Å². The summed E-state index contributed by atoms with van der Waals surface area (Å²) in [6.07, 6.45) is 0. The van der Waals surface area contributed by atoms with Gasteiger partial charge in [0.15, 0.2) is 11.5 Å². The largest absolute Gasteiger partial charge is 0.493 e. The fraction of sp³-hybridized carbons (Fsp3) is 0.350. The van der Waals surface area contributed by atoms with Crippen LogP contribution in [0.25, 0.3) is 0 Å². The van der Waals surface area contributed by atoms with E-state index in [4.69, 9.17) is 9.47 Å². The molecular formula is C20H25NO3S. The lowest BCUT2D eigenvalue weighted by Gasteiger charge is -2.12. The summed E-state index contributed by atoms with van der Waals surface area (Å²) in [5, 5.41) is 3.46. The Labute approximate surface area is 153 Å². The standard InChI is InChI=1S/C20H25NO3S/c1-5-24-18-11-6-15(12-19(18)23-4)13-21-20(22)16-7-9-17(10-8-16)25-14(2)3/h6-12,14H,5,13H2,1-4H3,(H,21,22). The molecule has 1 N–H and O–H groups in total. The lowest BCUT2D eigenvalue weighted by Crippen LogP contribution is -2.22. The van der Waals surface area contributed by atoms with Crippen LogP contribution in [0.4, 0.5) is 0 Å². The van der Waals surface area contributed by atoms with Gasteiger partial charge in [-0.25, -0.2) is 0 Å². The first-order chi connectivity index (χ1) is 12.0. The maximum atomic E-state index is 12.3. The Balaban J connectivity index is 1.97. The molecule has 0 heterocycles. The molecule has 0 aliphatic heterocycles. The van der Waals surface area contributed by atoms with Crippen LogP contribution < -0.4 is 14.8 Å². The third-order valence-electron chi connectivity index (χ3n) is 3.47. The minimum absolute atomic E-state index is 0.0889. The highest BCUT2D eigenvalue weighted by Crippen LogP contribution is 2.28. The molecule has 0 spiro atoms. The van der Waals surface area contributed by atoms with Gasteiger partial charge in [-0.1, -0.05) is 19.9 Å².